The second-order valence-electron chi connectivity index (χ2n) is 15.2. The van der Waals surface area contributed by atoms with Gasteiger partial charge in [0.05, 0.1) is 0 Å². The minimum absolute atomic E-state index is 0.0942. The van der Waals surface area contributed by atoms with Gasteiger partial charge in [-0.3, -0.25) is 5.41 Å². The Bertz CT molecular complexity index is 2880. The lowest BCUT2D eigenvalue weighted by atomic mass is 9.80. The highest BCUT2D eigenvalue weighted by Gasteiger charge is 2.39. The van der Waals surface area contributed by atoms with E-state index in [1.165, 1.54) is 5.56 Å². The third kappa shape index (κ3) is 7.97. The zero-order chi connectivity index (χ0) is 41.0. The quantitative estimate of drug-likeness (QED) is 0.122. The molecule has 1 aromatic heterocycles. The van der Waals surface area contributed by atoms with Gasteiger partial charge in [-0.05, 0) is 41.3 Å². The second kappa shape index (κ2) is 16.8. The fourth-order valence-corrected chi connectivity index (χ4v) is 8.07. The molecule has 0 saturated carbocycles. The van der Waals surface area contributed by atoms with Gasteiger partial charge in [0.1, 0.15) is 11.9 Å². The van der Waals surface area contributed by atoms with E-state index in [4.69, 9.17) is 30.1 Å². The molecule has 3 aliphatic rings. The molecule has 292 valence electrons. The number of benzene rings is 6. The summed E-state index contributed by atoms with van der Waals surface area (Å²) in [5.41, 5.74) is 9.58. The Morgan fingerprint density at radius 2 is 1.28 bits per heavy atom. The van der Waals surface area contributed by atoms with Crippen molar-refractivity contribution in [3.05, 3.63) is 239 Å². The van der Waals surface area contributed by atoms with Crippen molar-refractivity contribution < 1.29 is 4.74 Å². The number of fused-ring (bicyclic) bond motifs is 3. The van der Waals surface area contributed by atoms with Crippen LogP contribution in [0.1, 0.15) is 57.5 Å². The lowest BCUT2D eigenvalue weighted by molar-refractivity contribution is 0.278. The van der Waals surface area contributed by atoms with Crippen LogP contribution in [-0.4, -0.2) is 38.9 Å². The highest BCUT2D eigenvalue weighted by atomic mass is 16.5. The number of hydrogen-bond acceptors (Lipinski definition) is 5. The Hall–Kier alpha value is -7.90. The Labute approximate surface area is 355 Å². The van der Waals surface area contributed by atoms with Crippen LogP contribution in [0.25, 0.3) is 33.9 Å². The molecule has 0 bridgehead atoms. The molecule has 1 aliphatic heterocycles. The predicted octanol–water partition coefficient (Wildman–Crippen LogP) is 11.7. The number of ether oxygens (including phenoxy) is 1. The van der Waals surface area contributed by atoms with Gasteiger partial charge in [-0.2, -0.15) is 0 Å². The summed E-state index contributed by atoms with van der Waals surface area (Å²) in [6.45, 7) is 0. The van der Waals surface area contributed by atoms with Crippen LogP contribution < -0.4 is 4.74 Å². The van der Waals surface area contributed by atoms with Gasteiger partial charge in [-0.25, -0.2) is 24.9 Å². The summed E-state index contributed by atoms with van der Waals surface area (Å²) in [6.07, 6.45) is 15.7. The first-order valence-corrected chi connectivity index (χ1v) is 20.5. The number of rotatable bonds is 8. The van der Waals surface area contributed by atoms with Crippen LogP contribution >= 0.6 is 0 Å². The minimum atomic E-state index is -0.278. The van der Waals surface area contributed by atoms with Crippen molar-refractivity contribution in [2.45, 2.75) is 24.4 Å². The highest BCUT2D eigenvalue weighted by Crippen LogP contribution is 2.49. The number of hydrogen-bond donors (Lipinski definition) is 1. The van der Waals surface area contributed by atoms with Gasteiger partial charge in [0.25, 0.3) is 0 Å². The molecule has 0 amide bonds. The fourth-order valence-electron chi connectivity index (χ4n) is 8.07. The second-order valence-corrected chi connectivity index (χ2v) is 15.2. The van der Waals surface area contributed by atoms with Crippen molar-refractivity contribution in [2.24, 2.45) is 9.98 Å². The largest absolute Gasteiger partial charge is 0.484 e. The topological polar surface area (TPSA) is 96.5 Å². The third-order valence-electron chi connectivity index (χ3n) is 11.2. The molecule has 7 aromatic rings. The Morgan fingerprint density at radius 3 is 1.95 bits per heavy atom. The van der Waals surface area contributed by atoms with E-state index in [2.05, 4.69) is 71.8 Å². The standard InChI is InChI=1S/C54H40N6O/c55-50(38-20-8-2-9-21-38)57-51(39-22-10-3-11-23-39)56-35-36-17-16-28-43(31-36)45-33-44(34-47-46-32-42(37-18-6-1-7-19-37)29-30-48(46)61-49(45)47)54-59-52(40-24-12-4-13-25-40)58-53(60-54)41-26-14-5-15-27-41/h1-18,20-35,37,47,49,55H,19H2. The summed E-state index contributed by atoms with van der Waals surface area (Å²) in [5.74, 6) is 3.50. The first-order chi connectivity index (χ1) is 30.1. The van der Waals surface area contributed by atoms with E-state index in [0.717, 1.165) is 62.3 Å². The van der Waals surface area contributed by atoms with Crippen LogP contribution in [0.4, 0.5) is 0 Å². The average molecular weight is 789 g/mol. The molecule has 3 atom stereocenters. The summed E-state index contributed by atoms with van der Waals surface area (Å²) < 4.78 is 6.90. The summed E-state index contributed by atoms with van der Waals surface area (Å²) in [6, 6.07) is 54.4. The Kier molecular flexibility index (Phi) is 10.3. The first kappa shape index (κ1) is 37.4. The van der Waals surface area contributed by atoms with Gasteiger partial charge < -0.3 is 4.74 Å². The average Bonchev–Trinajstić information content (AvgIpc) is 3.72. The lowest BCUT2D eigenvalue weighted by Crippen LogP contribution is -2.23. The van der Waals surface area contributed by atoms with E-state index < -0.39 is 0 Å². The molecular formula is C54H40N6O. The van der Waals surface area contributed by atoms with Crippen LogP contribution in [0.5, 0.6) is 5.75 Å². The Balaban J connectivity index is 1.08. The van der Waals surface area contributed by atoms with E-state index in [1.807, 2.05) is 140 Å². The summed E-state index contributed by atoms with van der Waals surface area (Å²) in [4.78, 5) is 24.8. The number of nitrogens with zero attached hydrogens (tertiary/aromatic N) is 5. The van der Waals surface area contributed by atoms with Crippen LogP contribution in [0.15, 0.2) is 210 Å². The molecule has 3 unspecified atom stereocenters. The summed E-state index contributed by atoms with van der Waals surface area (Å²) in [7, 11) is 0. The highest BCUT2D eigenvalue weighted by molar-refractivity contribution is 6.13. The lowest BCUT2D eigenvalue weighted by Gasteiger charge is -2.26. The monoisotopic (exact) mass is 788 g/mol. The number of amidine groups is 2. The summed E-state index contributed by atoms with van der Waals surface area (Å²) >= 11 is 0. The molecule has 10 rings (SSSR count). The van der Waals surface area contributed by atoms with Crippen molar-refractivity contribution in [3.63, 3.8) is 0 Å². The number of nitrogens with one attached hydrogen (secondary N) is 1. The normalized spacial score (nSPS) is 17.9. The van der Waals surface area contributed by atoms with Gasteiger partial charge in [0.2, 0.25) is 0 Å². The van der Waals surface area contributed by atoms with Crippen molar-refractivity contribution in [1.82, 2.24) is 15.0 Å². The molecule has 0 radical (unpaired) electrons. The molecule has 1 N–H and O–H groups in total. The number of allylic oxidation sites excluding steroid dienone is 6. The van der Waals surface area contributed by atoms with E-state index in [9.17, 15) is 0 Å². The Morgan fingerprint density at radius 1 is 0.639 bits per heavy atom. The predicted molar refractivity (Wildman–Crippen MR) is 246 cm³/mol. The van der Waals surface area contributed by atoms with E-state index in [1.54, 1.807) is 0 Å². The smallest absolute Gasteiger partial charge is 0.164 e. The van der Waals surface area contributed by atoms with Gasteiger partial charge in [-0.1, -0.05) is 182 Å². The molecule has 0 fully saturated rings. The first-order valence-electron chi connectivity index (χ1n) is 20.5. The molecule has 0 spiro atoms. The molecule has 61 heavy (non-hydrogen) atoms. The molecule has 2 aliphatic carbocycles. The van der Waals surface area contributed by atoms with Crippen molar-refractivity contribution in [2.75, 3.05) is 0 Å². The molecule has 0 saturated heterocycles. The van der Waals surface area contributed by atoms with E-state index in [0.29, 0.717) is 29.2 Å². The van der Waals surface area contributed by atoms with Gasteiger partial charge in [-0.15, -0.1) is 0 Å². The SMILES string of the molecule is N=C(N=C(N=Cc1cccc(C2=CC(c3nc(-c4ccccc4)nc(-c4ccccc4)n3)=CC3c4cc(C5C=CC=CC5)ccc4OC23)c1)c1ccccc1)c1ccccc1. The number of aromatic nitrogens is 3. The minimum Gasteiger partial charge on any atom is -0.484 e. The van der Waals surface area contributed by atoms with Crippen LogP contribution in [0.3, 0.4) is 0 Å². The zero-order valence-corrected chi connectivity index (χ0v) is 33.2. The molecule has 2 heterocycles. The fraction of sp³-hybridized carbons (Fsp3) is 0.0741. The summed E-state index contributed by atoms with van der Waals surface area (Å²) in [5, 5.41) is 8.76. The van der Waals surface area contributed by atoms with Gasteiger partial charge >= 0.3 is 0 Å². The maximum absolute atomic E-state index is 8.76. The molecule has 7 heteroatoms. The zero-order valence-electron chi connectivity index (χ0n) is 33.2. The van der Waals surface area contributed by atoms with Crippen LogP contribution in [-0.2, 0) is 0 Å². The number of aliphatic imine (C=N–C) groups is 2. The molecular weight excluding hydrogens is 749 g/mol. The maximum atomic E-state index is 8.76. The van der Waals surface area contributed by atoms with Gasteiger partial charge in [0, 0.05) is 57.0 Å². The molecule has 7 nitrogen and oxygen atoms in total. The van der Waals surface area contributed by atoms with Crippen LogP contribution in [0.2, 0.25) is 0 Å². The molecule has 6 aromatic carbocycles. The third-order valence-corrected chi connectivity index (χ3v) is 11.2. The van der Waals surface area contributed by atoms with Crippen molar-refractivity contribution in [1.29, 1.82) is 5.41 Å². The van der Waals surface area contributed by atoms with Gasteiger partial charge in [0.15, 0.2) is 29.1 Å². The van der Waals surface area contributed by atoms with E-state index >= 15 is 0 Å². The van der Waals surface area contributed by atoms with E-state index in [-0.39, 0.29) is 17.9 Å². The van der Waals surface area contributed by atoms with Crippen molar-refractivity contribution in [3.8, 4) is 28.5 Å². The van der Waals surface area contributed by atoms with Crippen LogP contribution in [0, 0.1) is 5.41 Å². The van der Waals surface area contributed by atoms with Crippen molar-refractivity contribution >= 4 is 29.0 Å². The maximum Gasteiger partial charge on any atom is 0.164 e.